The molecule has 1 fully saturated rings. The van der Waals surface area contributed by atoms with Crippen LogP contribution in [-0.2, 0) is 9.84 Å². The zero-order valence-corrected chi connectivity index (χ0v) is 12.5. The topological polar surface area (TPSA) is 89.3 Å². The van der Waals surface area contributed by atoms with Gasteiger partial charge >= 0.3 is 0 Å². The Morgan fingerprint density at radius 1 is 1.40 bits per heavy atom. The van der Waals surface area contributed by atoms with Gasteiger partial charge in [0.25, 0.3) is 5.91 Å². The van der Waals surface area contributed by atoms with E-state index in [-0.39, 0.29) is 30.0 Å². The first-order valence-corrected chi connectivity index (χ1v) is 8.94. The summed E-state index contributed by atoms with van der Waals surface area (Å²) in [7, 11) is -2.90. The van der Waals surface area contributed by atoms with Crippen molar-refractivity contribution < 1.29 is 13.2 Å². The van der Waals surface area contributed by atoms with E-state index in [1.165, 1.54) is 11.3 Å². The molecule has 108 valence electrons. The fraction of sp³-hybridized carbons (Fsp3) is 0.462. The molecular weight excluding hydrogens is 296 g/mol. The standard InChI is InChI=1S/C13H16N2O3S2/c14-7-1-2-11-3-4-12(19-11)13(16)15-10-5-8-20(17,18)9-6-10/h3-4,10H,5-9,14H2,(H,15,16). The Labute approximate surface area is 122 Å². The number of nitrogens with two attached hydrogens (primary N) is 1. The van der Waals surface area contributed by atoms with Crippen LogP contribution in [0.2, 0.25) is 0 Å². The van der Waals surface area contributed by atoms with Gasteiger partial charge in [0, 0.05) is 6.04 Å². The van der Waals surface area contributed by atoms with Crippen LogP contribution >= 0.6 is 11.3 Å². The summed E-state index contributed by atoms with van der Waals surface area (Å²) >= 11 is 1.31. The van der Waals surface area contributed by atoms with Gasteiger partial charge in [-0.25, -0.2) is 8.42 Å². The predicted molar refractivity (Wildman–Crippen MR) is 79.4 cm³/mol. The molecule has 0 radical (unpaired) electrons. The first-order chi connectivity index (χ1) is 9.50. The fourth-order valence-corrected chi connectivity index (χ4v) is 4.23. The van der Waals surface area contributed by atoms with Crippen molar-refractivity contribution in [2.75, 3.05) is 18.1 Å². The second-order valence-electron chi connectivity index (χ2n) is 4.57. The molecule has 5 nitrogen and oxygen atoms in total. The molecule has 20 heavy (non-hydrogen) atoms. The lowest BCUT2D eigenvalue weighted by Gasteiger charge is -2.22. The van der Waals surface area contributed by atoms with Gasteiger partial charge in [0.05, 0.1) is 27.8 Å². The SMILES string of the molecule is NCC#Cc1ccc(C(=O)NC2CCS(=O)(=O)CC2)s1. The van der Waals surface area contributed by atoms with Crippen molar-refractivity contribution in [3.8, 4) is 11.8 Å². The Kier molecular flexibility index (Phi) is 4.81. The third kappa shape index (κ3) is 4.07. The van der Waals surface area contributed by atoms with E-state index in [9.17, 15) is 13.2 Å². The van der Waals surface area contributed by atoms with E-state index in [2.05, 4.69) is 17.2 Å². The maximum Gasteiger partial charge on any atom is 0.261 e. The largest absolute Gasteiger partial charge is 0.349 e. The van der Waals surface area contributed by atoms with Gasteiger partial charge in [-0.2, -0.15) is 0 Å². The highest BCUT2D eigenvalue weighted by Gasteiger charge is 2.25. The average Bonchev–Trinajstić information content (AvgIpc) is 2.88. The minimum atomic E-state index is -2.90. The van der Waals surface area contributed by atoms with Crippen LogP contribution in [-0.4, -0.2) is 38.4 Å². The molecule has 1 aliphatic heterocycles. The van der Waals surface area contributed by atoms with E-state index in [4.69, 9.17) is 5.73 Å². The predicted octanol–water partition coefficient (Wildman–Crippen LogP) is 0.365. The molecule has 2 rings (SSSR count). The van der Waals surface area contributed by atoms with Crippen molar-refractivity contribution in [3.05, 3.63) is 21.9 Å². The van der Waals surface area contributed by atoms with Crippen LogP contribution in [0.4, 0.5) is 0 Å². The van der Waals surface area contributed by atoms with Crippen molar-refractivity contribution in [1.29, 1.82) is 0 Å². The third-order valence-corrected chi connectivity index (χ3v) is 5.75. The van der Waals surface area contributed by atoms with Crippen LogP contribution < -0.4 is 11.1 Å². The van der Waals surface area contributed by atoms with E-state index in [0.717, 1.165) is 4.88 Å². The third-order valence-electron chi connectivity index (χ3n) is 3.03. The van der Waals surface area contributed by atoms with E-state index in [1.807, 2.05) is 0 Å². The molecule has 1 aromatic heterocycles. The Morgan fingerprint density at radius 2 is 2.10 bits per heavy atom. The fourth-order valence-electron chi connectivity index (χ4n) is 1.96. The van der Waals surface area contributed by atoms with Crippen LogP contribution in [0.5, 0.6) is 0 Å². The Bertz CT molecular complexity index is 639. The molecule has 1 saturated heterocycles. The lowest BCUT2D eigenvalue weighted by molar-refractivity contribution is 0.0938. The molecular formula is C13H16N2O3S2. The van der Waals surface area contributed by atoms with E-state index in [0.29, 0.717) is 17.7 Å². The van der Waals surface area contributed by atoms with Gasteiger partial charge in [0.2, 0.25) is 0 Å². The highest BCUT2D eigenvalue weighted by molar-refractivity contribution is 7.91. The normalized spacial score (nSPS) is 18.1. The van der Waals surface area contributed by atoms with Crippen LogP contribution in [0.25, 0.3) is 0 Å². The van der Waals surface area contributed by atoms with Gasteiger partial charge in [-0.05, 0) is 25.0 Å². The van der Waals surface area contributed by atoms with Crippen molar-refractivity contribution in [1.82, 2.24) is 5.32 Å². The van der Waals surface area contributed by atoms with Crippen LogP contribution in [0.3, 0.4) is 0 Å². The number of hydrogen-bond acceptors (Lipinski definition) is 5. The number of rotatable bonds is 2. The molecule has 0 saturated carbocycles. The molecule has 2 heterocycles. The summed E-state index contributed by atoms with van der Waals surface area (Å²) in [5, 5.41) is 2.88. The molecule has 7 heteroatoms. The van der Waals surface area contributed by atoms with Crippen molar-refractivity contribution in [2.45, 2.75) is 18.9 Å². The summed E-state index contributed by atoms with van der Waals surface area (Å²) in [4.78, 5) is 13.4. The maximum atomic E-state index is 12.0. The van der Waals surface area contributed by atoms with Gasteiger partial charge in [-0.15, -0.1) is 11.3 Å². The number of nitrogens with one attached hydrogen (secondary N) is 1. The van der Waals surface area contributed by atoms with Crippen LogP contribution in [0.15, 0.2) is 12.1 Å². The molecule has 0 aliphatic carbocycles. The lowest BCUT2D eigenvalue weighted by Crippen LogP contribution is -2.40. The van der Waals surface area contributed by atoms with E-state index in [1.54, 1.807) is 12.1 Å². The highest BCUT2D eigenvalue weighted by Crippen LogP contribution is 2.17. The summed E-state index contributed by atoms with van der Waals surface area (Å²) in [5.74, 6) is 5.75. The minimum absolute atomic E-state index is 0.0632. The Morgan fingerprint density at radius 3 is 2.75 bits per heavy atom. The van der Waals surface area contributed by atoms with Gasteiger partial charge in [0.15, 0.2) is 0 Å². The number of thiophene rings is 1. The Balaban J connectivity index is 1.94. The van der Waals surface area contributed by atoms with Gasteiger partial charge in [0.1, 0.15) is 9.84 Å². The van der Waals surface area contributed by atoms with Crippen molar-refractivity contribution >= 4 is 27.1 Å². The number of sulfone groups is 1. The maximum absolute atomic E-state index is 12.0. The molecule has 0 aromatic carbocycles. The highest BCUT2D eigenvalue weighted by atomic mass is 32.2. The van der Waals surface area contributed by atoms with Gasteiger partial charge in [-0.1, -0.05) is 11.8 Å². The second-order valence-corrected chi connectivity index (χ2v) is 7.96. The smallest absolute Gasteiger partial charge is 0.261 e. The molecule has 1 amide bonds. The molecule has 3 N–H and O–H groups in total. The summed E-state index contributed by atoms with van der Waals surface area (Å²) in [6, 6.07) is 3.44. The van der Waals surface area contributed by atoms with E-state index >= 15 is 0 Å². The first-order valence-electron chi connectivity index (χ1n) is 6.30. The molecule has 0 spiro atoms. The Hall–Kier alpha value is -1.36. The number of amides is 1. The summed E-state index contributed by atoms with van der Waals surface area (Å²) in [5.41, 5.74) is 5.29. The molecule has 0 unspecified atom stereocenters. The zero-order chi connectivity index (χ0) is 14.6. The van der Waals surface area contributed by atoms with Gasteiger partial charge < -0.3 is 11.1 Å². The number of hydrogen-bond donors (Lipinski definition) is 2. The summed E-state index contributed by atoms with van der Waals surface area (Å²) < 4.78 is 22.6. The lowest BCUT2D eigenvalue weighted by atomic mass is 10.1. The number of carbonyl (C=O) groups is 1. The van der Waals surface area contributed by atoms with Crippen molar-refractivity contribution in [3.63, 3.8) is 0 Å². The molecule has 0 atom stereocenters. The van der Waals surface area contributed by atoms with Crippen LogP contribution in [0, 0.1) is 11.8 Å². The monoisotopic (exact) mass is 312 g/mol. The first kappa shape index (κ1) is 15.0. The van der Waals surface area contributed by atoms with Crippen molar-refractivity contribution in [2.24, 2.45) is 5.73 Å². The summed E-state index contributed by atoms with van der Waals surface area (Å²) in [6.45, 7) is 0.288. The van der Waals surface area contributed by atoms with E-state index < -0.39 is 9.84 Å². The van der Waals surface area contributed by atoms with Crippen LogP contribution in [0.1, 0.15) is 27.4 Å². The average molecular weight is 312 g/mol. The molecule has 0 bridgehead atoms. The van der Waals surface area contributed by atoms with Gasteiger partial charge in [-0.3, -0.25) is 4.79 Å². The minimum Gasteiger partial charge on any atom is -0.349 e. The zero-order valence-electron chi connectivity index (χ0n) is 10.9. The quantitative estimate of drug-likeness (QED) is 0.772. The number of carbonyl (C=O) groups excluding carboxylic acids is 1. The summed E-state index contributed by atoms with van der Waals surface area (Å²) in [6.07, 6.45) is 0.971. The molecule has 1 aliphatic rings. The molecule has 1 aromatic rings. The second kappa shape index (κ2) is 6.39.